The summed E-state index contributed by atoms with van der Waals surface area (Å²) in [5.74, 6) is 2.74. The summed E-state index contributed by atoms with van der Waals surface area (Å²) in [7, 11) is 0. The van der Waals surface area contributed by atoms with E-state index in [0.717, 1.165) is 44.0 Å². The lowest BCUT2D eigenvalue weighted by atomic mass is 9.94. The molecule has 1 N–H and O–H groups in total. The van der Waals surface area contributed by atoms with Crippen LogP contribution in [0.5, 0.6) is 0 Å². The molecule has 2 atom stereocenters. The van der Waals surface area contributed by atoms with Gasteiger partial charge in [0, 0.05) is 12.2 Å². The van der Waals surface area contributed by atoms with Crippen LogP contribution in [0.3, 0.4) is 0 Å². The topological polar surface area (TPSA) is 46.5 Å². The first kappa shape index (κ1) is 18.1. The van der Waals surface area contributed by atoms with Gasteiger partial charge in [-0.05, 0) is 42.4 Å². The Labute approximate surface area is 143 Å². The fraction of sp³-hybridized carbons (Fsp3) is 0.526. The number of hydrogen-bond donors (Lipinski definition) is 1. The molecule has 4 heteroatoms. The van der Waals surface area contributed by atoms with E-state index in [2.05, 4.69) is 42.5 Å². The highest BCUT2D eigenvalue weighted by molar-refractivity contribution is 7.98. The minimum atomic E-state index is -0.710. The van der Waals surface area contributed by atoms with Crippen molar-refractivity contribution >= 4 is 17.7 Å². The molecule has 1 saturated heterocycles. The summed E-state index contributed by atoms with van der Waals surface area (Å²) in [4.78, 5) is 10.4. The number of ether oxygens (including phenoxy) is 1. The molecule has 1 heterocycles. The van der Waals surface area contributed by atoms with E-state index < -0.39 is 5.97 Å². The highest BCUT2D eigenvalue weighted by Crippen LogP contribution is 2.28. The second-order valence-corrected chi connectivity index (χ2v) is 7.08. The molecule has 0 saturated carbocycles. The summed E-state index contributed by atoms with van der Waals surface area (Å²) in [6.07, 6.45) is 7.21. The number of unbranched alkanes of at least 4 members (excludes halogenated alkanes) is 1. The van der Waals surface area contributed by atoms with Crippen LogP contribution in [0, 0.1) is 11.8 Å². The molecule has 3 nitrogen and oxygen atoms in total. The van der Waals surface area contributed by atoms with Gasteiger partial charge in [-0.3, -0.25) is 4.79 Å². The van der Waals surface area contributed by atoms with E-state index in [9.17, 15) is 4.79 Å². The Morgan fingerprint density at radius 1 is 1.22 bits per heavy atom. The van der Waals surface area contributed by atoms with E-state index in [1.165, 1.54) is 5.56 Å². The molecule has 0 aromatic heterocycles. The number of allylic oxidation sites excluding steroid dienone is 2. The maximum Gasteiger partial charge on any atom is 0.303 e. The van der Waals surface area contributed by atoms with E-state index in [1.54, 1.807) is 0 Å². The van der Waals surface area contributed by atoms with Gasteiger partial charge in [-0.2, -0.15) is 11.8 Å². The summed E-state index contributed by atoms with van der Waals surface area (Å²) in [5, 5.41) is 8.60. The maximum absolute atomic E-state index is 10.4. The fourth-order valence-electron chi connectivity index (χ4n) is 2.75. The molecular weight excluding hydrogens is 308 g/mol. The number of benzene rings is 1. The summed E-state index contributed by atoms with van der Waals surface area (Å²) in [6, 6.07) is 10.6. The zero-order valence-electron chi connectivity index (χ0n) is 13.5. The van der Waals surface area contributed by atoms with Crippen molar-refractivity contribution in [3.63, 3.8) is 0 Å². The van der Waals surface area contributed by atoms with Gasteiger partial charge in [-0.1, -0.05) is 42.5 Å². The quantitative estimate of drug-likeness (QED) is 0.509. The summed E-state index contributed by atoms with van der Waals surface area (Å²) < 4.78 is 5.66. The van der Waals surface area contributed by atoms with Crippen molar-refractivity contribution < 1.29 is 14.6 Å². The van der Waals surface area contributed by atoms with Crippen LogP contribution in [0.2, 0.25) is 0 Å². The molecule has 0 bridgehead atoms. The van der Waals surface area contributed by atoms with E-state index in [4.69, 9.17) is 9.84 Å². The van der Waals surface area contributed by atoms with Crippen molar-refractivity contribution in [3.05, 3.63) is 48.0 Å². The van der Waals surface area contributed by atoms with E-state index in [0.29, 0.717) is 11.8 Å². The molecule has 1 aromatic rings. The van der Waals surface area contributed by atoms with Crippen LogP contribution < -0.4 is 0 Å². The van der Waals surface area contributed by atoms with Gasteiger partial charge in [0.05, 0.1) is 13.2 Å². The number of carboxylic acid groups (broad SMARTS) is 1. The van der Waals surface area contributed by atoms with Gasteiger partial charge in [0.15, 0.2) is 0 Å². The molecule has 0 radical (unpaired) electrons. The Morgan fingerprint density at radius 3 is 2.78 bits per heavy atom. The Kier molecular flexibility index (Phi) is 8.26. The number of aliphatic carboxylic acids is 1. The third-order valence-electron chi connectivity index (χ3n) is 4.14. The van der Waals surface area contributed by atoms with Crippen molar-refractivity contribution in [3.8, 4) is 0 Å². The SMILES string of the molecule is O=C(O)CCCC=CC[C@H]1COC[C@H]1CSCc1ccccc1. The molecule has 23 heavy (non-hydrogen) atoms. The van der Waals surface area contributed by atoms with Crippen molar-refractivity contribution in [2.75, 3.05) is 19.0 Å². The van der Waals surface area contributed by atoms with Gasteiger partial charge in [-0.15, -0.1) is 0 Å². The third kappa shape index (κ3) is 7.23. The number of rotatable bonds is 10. The zero-order chi connectivity index (χ0) is 16.3. The average Bonchev–Trinajstić information content (AvgIpc) is 2.99. The van der Waals surface area contributed by atoms with Gasteiger partial charge in [0.2, 0.25) is 0 Å². The van der Waals surface area contributed by atoms with Gasteiger partial charge < -0.3 is 9.84 Å². The number of carbonyl (C=O) groups is 1. The Balaban J connectivity index is 1.62. The fourth-order valence-corrected chi connectivity index (χ4v) is 3.97. The second kappa shape index (κ2) is 10.5. The Bertz CT molecular complexity index is 487. The molecule has 1 aliphatic heterocycles. The van der Waals surface area contributed by atoms with E-state index in [-0.39, 0.29) is 6.42 Å². The van der Waals surface area contributed by atoms with Crippen LogP contribution in [0.1, 0.15) is 31.2 Å². The van der Waals surface area contributed by atoms with Crippen LogP contribution in [0.25, 0.3) is 0 Å². The maximum atomic E-state index is 10.4. The predicted octanol–water partition coefficient (Wildman–Crippen LogP) is 4.38. The van der Waals surface area contributed by atoms with Gasteiger partial charge >= 0.3 is 5.97 Å². The van der Waals surface area contributed by atoms with Gasteiger partial charge in [0.1, 0.15) is 0 Å². The molecular formula is C19H26O3S. The molecule has 1 aromatic carbocycles. The standard InChI is InChI=1S/C19H26O3S/c20-19(21)11-7-2-1-6-10-17-12-22-13-18(17)15-23-14-16-8-4-3-5-9-16/h1,3-6,8-9,17-18H,2,7,10-15H2,(H,20,21)/t17-,18-/m0/s1. The van der Waals surface area contributed by atoms with Crippen LogP contribution in [0.15, 0.2) is 42.5 Å². The number of hydrogen-bond acceptors (Lipinski definition) is 3. The summed E-state index contributed by atoms with van der Waals surface area (Å²) >= 11 is 1.99. The molecule has 0 aliphatic carbocycles. The highest BCUT2D eigenvalue weighted by Gasteiger charge is 2.26. The first-order valence-corrected chi connectivity index (χ1v) is 9.47. The molecule has 0 unspecified atom stereocenters. The lowest BCUT2D eigenvalue weighted by Gasteiger charge is -2.15. The lowest BCUT2D eigenvalue weighted by molar-refractivity contribution is -0.137. The smallest absolute Gasteiger partial charge is 0.303 e. The predicted molar refractivity (Wildman–Crippen MR) is 95.6 cm³/mol. The third-order valence-corrected chi connectivity index (χ3v) is 5.34. The van der Waals surface area contributed by atoms with Crippen LogP contribution in [-0.4, -0.2) is 30.0 Å². The molecule has 1 aliphatic rings. The Morgan fingerprint density at radius 2 is 2.00 bits per heavy atom. The van der Waals surface area contributed by atoms with E-state index >= 15 is 0 Å². The average molecular weight is 334 g/mol. The molecule has 126 valence electrons. The molecule has 0 spiro atoms. The van der Waals surface area contributed by atoms with Crippen molar-refractivity contribution in [2.24, 2.45) is 11.8 Å². The Hall–Kier alpha value is -1.26. The van der Waals surface area contributed by atoms with Gasteiger partial charge in [0.25, 0.3) is 0 Å². The summed E-state index contributed by atoms with van der Waals surface area (Å²) in [6.45, 7) is 1.73. The van der Waals surface area contributed by atoms with Crippen LogP contribution in [0.4, 0.5) is 0 Å². The highest BCUT2D eigenvalue weighted by atomic mass is 32.2. The van der Waals surface area contributed by atoms with E-state index in [1.807, 2.05) is 11.8 Å². The largest absolute Gasteiger partial charge is 0.481 e. The van der Waals surface area contributed by atoms with Crippen LogP contribution in [-0.2, 0) is 15.3 Å². The van der Waals surface area contributed by atoms with Crippen molar-refractivity contribution in [2.45, 2.75) is 31.4 Å². The number of carboxylic acids is 1. The molecule has 0 amide bonds. The van der Waals surface area contributed by atoms with Crippen molar-refractivity contribution in [1.29, 1.82) is 0 Å². The normalized spacial score (nSPS) is 21.0. The minimum absolute atomic E-state index is 0.260. The monoisotopic (exact) mass is 334 g/mol. The number of thioether (sulfide) groups is 1. The molecule has 1 fully saturated rings. The minimum Gasteiger partial charge on any atom is -0.481 e. The van der Waals surface area contributed by atoms with Crippen LogP contribution >= 0.6 is 11.8 Å². The molecule has 2 rings (SSSR count). The first-order valence-electron chi connectivity index (χ1n) is 8.32. The second-order valence-electron chi connectivity index (χ2n) is 6.05. The summed E-state index contributed by atoms with van der Waals surface area (Å²) in [5.41, 5.74) is 1.38. The van der Waals surface area contributed by atoms with Gasteiger partial charge in [-0.25, -0.2) is 0 Å². The lowest BCUT2D eigenvalue weighted by Crippen LogP contribution is -2.14. The zero-order valence-corrected chi connectivity index (χ0v) is 14.3. The first-order chi connectivity index (χ1) is 11.3. The van der Waals surface area contributed by atoms with Crippen molar-refractivity contribution in [1.82, 2.24) is 0 Å².